The lowest BCUT2D eigenvalue weighted by atomic mass is 9.59. The third-order valence-electron chi connectivity index (χ3n) is 12.5. The zero-order valence-electron chi connectivity index (χ0n) is 22.1. The van der Waals surface area contributed by atoms with Gasteiger partial charge in [0.05, 0.1) is 20.0 Å². The maximum Gasteiger partial charge on any atom is 0.231 e. The van der Waals surface area contributed by atoms with E-state index in [9.17, 15) is 14.4 Å². The molecule has 0 aromatic carbocycles. The SMILES string of the molecule is O=C(N1CN(C(=O)C23CCC(CC2)CC3)CN(C(=O)C23CCC(CC2)CC3)C1)C12CCC(CC1)CC2. The maximum atomic E-state index is 14.2. The quantitative estimate of drug-likeness (QED) is 0.536. The van der Waals surface area contributed by atoms with Crippen molar-refractivity contribution in [3.8, 4) is 0 Å². The Morgan fingerprint density at radius 3 is 0.778 bits per heavy atom. The van der Waals surface area contributed by atoms with Crippen molar-refractivity contribution in [1.29, 1.82) is 0 Å². The monoisotopic (exact) mass is 495 g/mol. The summed E-state index contributed by atoms with van der Waals surface area (Å²) in [5.41, 5.74) is -0.756. The molecule has 9 aliphatic carbocycles. The lowest BCUT2D eigenvalue weighted by Gasteiger charge is -2.54. The van der Waals surface area contributed by atoms with Gasteiger partial charge in [-0.05, 0) is 133 Å². The first-order valence-corrected chi connectivity index (χ1v) is 15.3. The lowest BCUT2D eigenvalue weighted by molar-refractivity contribution is -0.178. The molecule has 10 rings (SSSR count). The van der Waals surface area contributed by atoms with Crippen molar-refractivity contribution >= 4 is 17.7 Å². The molecule has 0 radical (unpaired) electrons. The van der Waals surface area contributed by atoms with Crippen molar-refractivity contribution in [2.75, 3.05) is 20.0 Å². The Bertz CT molecular complexity index is 756. The van der Waals surface area contributed by atoms with Gasteiger partial charge in [0.1, 0.15) is 0 Å². The van der Waals surface area contributed by atoms with E-state index in [4.69, 9.17) is 0 Å². The third-order valence-corrected chi connectivity index (χ3v) is 12.5. The van der Waals surface area contributed by atoms with E-state index in [-0.39, 0.29) is 34.0 Å². The molecule has 3 amide bonds. The van der Waals surface area contributed by atoms with Gasteiger partial charge in [0.25, 0.3) is 0 Å². The van der Waals surface area contributed by atoms with Gasteiger partial charge in [0.2, 0.25) is 17.7 Å². The number of fused-ring (bicyclic) bond motifs is 9. The molecule has 6 heteroatoms. The number of rotatable bonds is 3. The molecule has 1 saturated heterocycles. The van der Waals surface area contributed by atoms with Gasteiger partial charge in [0, 0.05) is 16.2 Å². The highest BCUT2D eigenvalue weighted by molar-refractivity contribution is 5.88. The summed E-state index contributed by atoms with van der Waals surface area (Å²) in [7, 11) is 0. The smallest absolute Gasteiger partial charge is 0.231 e. The van der Waals surface area contributed by atoms with E-state index in [1.807, 2.05) is 14.7 Å². The molecule has 0 N–H and O–H groups in total. The number of carbonyl (C=O) groups is 3. The van der Waals surface area contributed by atoms with E-state index < -0.39 is 0 Å². The predicted octanol–water partition coefficient (Wildman–Crippen LogP) is 5.27. The third kappa shape index (κ3) is 3.59. The first kappa shape index (κ1) is 23.5. The first-order chi connectivity index (χ1) is 17.4. The number of hydrogen-bond acceptors (Lipinski definition) is 3. The minimum atomic E-state index is -0.252. The zero-order valence-corrected chi connectivity index (χ0v) is 22.1. The molecule has 0 unspecified atom stereocenters. The van der Waals surface area contributed by atoms with Crippen LogP contribution in [0.1, 0.15) is 116 Å². The molecule has 0 aromatic rings. The molecule has 10 aliphatic rings. The van der Waals surface area contributed by atoms with Crippen LogP contribution >= 0.6 is 0 Å². The molecule has 6 bridgehead atoms. The van der Waals surface area contributed by atoms with Gasteiger partial charge in [-0.1, -0.05) is 0 Å². The average molecular weight is 496 g/mol. The van der Waals surface area contributed by atoms with E-state index in [1.54, 1.807) is 0 Å². The molecule has 10 fully saturated rings. The van der Waals surface area contributed by atoms with Crippen LogP contribution in [0.5, 0.6) is 0 Å². The maximum absolute atomic E-state index is 14.2. The number of nitrogens with zero attached hydrogens (tertiary/aromatic N) is 3. The number of hydrogen-bond donors (Lipinski definition) is 0. The normalized spacial score (nSPS) is 43.7. The van der Waals surface area contributed by atoms with Crippen LogP contribution in [0.15, 0.2) is 0 Å². The number of carbonyl (C=O) groups excluding carboxylic acids is 3. The minimum Gasteiger partial charge on any atom is -0.306 e. The first-order valence-electron chi connectivity index (χ1n) is 15.3. The van der Waals surface area contributed by atoms with E-state index >= 15 is 0 Å². The summed E-state index contributed by atoms with van der Waals surface area (Å²) in [6, 6.07) is 0. The van der Waals surface area contributed by atoms with Crippen LogP contribution in [0.3, 0.4) is 0 Å². The topological polar surface area (TPSA) is 60.9 Å². The fourth-order valence-corrected chi connectivity index (χ4v) is 9.85. The molecule has 6 nitrogen and oxygen atoms in total. The van der Waals surface area contributed by atoms with Crippen LogP contribution in [0, 0.1) is 34.0 Å². The Morgan fingerprint density at radius 1 is 0.389 bits per heavy atom. The van der Waals surface area contributed by atoms with Crippen LogP contribution in [0.25, 0.3) is 0 Å². The van der Waals surface area contributed by atoms with E-state index in [2.05, 4.69) is 0 Å². The van der Waals surface area contributed by atoms with Gasteiger partial charge in [0.15, 0.2) is 0 Å². The Balaban J connectivity index is 1.17. The summed E-state index contributed by atoms with van der Waals surface area (Å²) < 4.78 is 0. The van der Waals surface area contributed by atoms with Gasteiger partial charge in [-0.25, -0.2) is 0 Å². The summed E-state index contributed by atoms with van der Waals surface area (Å²) in [6.07, 6.45) is 19.4. The Labute approximate surface area is 216 Å². The fourth-order valence-electron chi connectivity index (χ4n) is 9.85. The Hall–Kier alpha value is -1.59. The van der Waals surface area contributed by atoms with Crippen LogP contribution in [0.4, 0.5) is 0 Å². The van der Waals surface area contributed by atoms with Crippen molar-refractivity contribution in [2.24, 2.45) is 34.0 Å². The number of amides is 3. The van der Waals surface area contributed by atoms with Gasteiger partial charge in [-0.3, -0.25) is 14.4 Å². The van der Waals surface area contributed by atoms with Crippen molar-refractivity contribution in [3.05, 3.63) is 0 Å². The van der Waals surface area contributed by atoms with Gasteiger partial charge in [-0.15, -0.1) is 0 Å². The van der Waals surface area contributed by atoms with Crippen molar-refractivity contribution in [2.45, 2.75) is 116 Å². The summed E-state index contributed by atoms with van der Waals surface area (Å²) >= 11 is 0. The summed E-state index contributed by atoms with van der Waals surface area (Å²) in [5.74, 6) is 3.09. The second kappa shape index (κ2) is 8.46. The molecular formula is C30H45N3O3. The van der Waals surface area contributed by atoms with Crippen molar-refractivity contribution in [1.82, 2.24) is 14.7 Å². The molecule has 0 atom stereocenters. The summed E-state index contributed by atoms with van der Waals surface area (Å²) in [4.78, 5) is 48.3. The largest absolute Gasteiger partial charge is 0.306 e. The van der Waals surface area contributed by atoms with Gasteiger partial charge < -0.3 is 14.7 Å². The van der Waals surface area contributed by atoms with Crippen LogP contribution in [-0.2, 0) is 14.4 Å². The molecule has 0 spiro atoms. The molecule has 1 heterocycles. The highest BCUT2D eigenvalue weighted by atomic mass is 16.2. The molecule has 9 saturated carbocycles. The van der Waals surface area contributed by atoms with E-state index in [1.165, 1.54) is 57.8 Å². The molecule has 0 aromatic heterocycles. The van der Waals surface area contributed by atoms with Gasteiger partial charge in [-0.2, -0.15) is 0 Å². The van der Waals surface area contributed by atoms with Gasteiger partial charge >= 0.3 is 0 Å². The van der Waals surface area contributed by atoms with Crippen molar-refractivity contribution in [3.63, 3.8) is 0 Å². The Morgan fingerprint density at radius 2 is 0.583 bits per heavy atom. The summed E-state index contributed by atoms with van der Waals surface area (Å²) in [5, 5.41) is 0. The van der Waals surface area contributed by atoms with Crippen molar-refractivity contribution < 1.29 is 14.4 Å². The molecule has 1 aliphatic heterocycles. The predicted molar refractivity (Wildman–Crippen MR) is 136 cm³/mol. The average Bonchev–Trinajstić information content (AvgIpc) is 2.98. The minimum absolute atomic E-state index is 0.227. The summed E-state index contributed by atoms with van der Waals surface area (Å²) in [6.45, 7) is 1.15. The van der Waals surface area contributed by atoms with Crippen LogP contribution < -0.4 is 0 Å². The highest BCUT2D eigenvalue weighted by Crippen LogP contribution is 2.54. The van der Waals surface area contributed by atoms with Crippen LogP contribution in [0.2, 0.25) is 0 Å². The lowest BCUT2D eigenvalue weighted by Crippen LogP contribution is -2.66. The van der Waals surface area contributed by atoms with Crippen LogP contribution in [-0.4, -0.2) is 52.4 Å². The highest BCUT2D eigenvalue weighted by Gasteiger charge is 2.54. The second-order valence-corrected chi connectivity index (χ2v) is 14.2. The standard InChI is InChI=1S/C30H45N3O3/c34-25(28-10-1-22(2-11-28)3-12-28)31-19-32(26(35)29-13-4-23(5-14-29)6-15-29)21-33(20-31)27(36)30-16-7-24(8-17-30)9-18-30/h22-24H,1-21H2. The molecule has 36 heavy (non-hydrogen) atoms. The fraction of sp³-hybridized carbons (Fsp3) is 0.900. The molecular weight excluding hydrogens is 450 g/mol. The van der Waals surface area contributed by atoms with E-state index in [0.29, 0.717) is 20.0 Å². The molecule has 198 valence electrons. The Kier molecular flexibility index (Phi) is 5.53. The zero-order chi connectivity index (χ0) is 24.5. The second-order valence-electron chi connectivity index (χ2n) is 14.2. The van der Waals surface area contributed by atoms with E-state index in [0.717, 1.165) is 75.5 Å².